The van der Waals surface area contributed by atoms with Crippen molar-refractivity contribution in [3.05, 3.63) is 24.3 Å². The van der Waals surface area contributed by atoms with Crippen LogP contribution in [-0.4, -0.2) is 77.5 Å². The number of Topliss-reactive ketones (excluding diaryl/α,β-unsaturated/α-hetero) is 1. The summed E-state index contributed by atoms with van der Waals surface area (Å²) in [4.78, 5) is 47.6. The van der Waals surface area contributed by atoms with Crippen LogP contribution < -0.4 is 5.73 Å². The van der Waals surface area contributed by atoms with Crippen LogP contribution in [0, 0.1) is 11.8 Å². The van der Waals surface area contributed by atoms with E-state index < -0.39 is 50.6 Å². The molecule has 1 aliphatic carbocycles. The summed E-state index contributed by atoms with van der Waals surface area (Å²) in [7, 11) is -4.44. The highest BCUT2D eigenvalue weighted by molar-refractivity contribution is 7.47. The number of allylic oxidation sites excluding steroid dienone is 3. The van der Waals surface area contributed by atoms with Crippen LogP contribution in [-0.2, 0) is 37.5 Å². The van der Waals surface area contributed by atoms with Crippen molar-refractivity contribution >= 4 is 25.5 Å². The van der Waals surface area contributed by atoms with Crippen molar-refractivity contribution < 1.29 is 52.6 Å². The summed E-state index contributed by atoms with van der Waals surface area (Å²) in [5.41, 5.74) is 5.35. The van der Waals surface area contributed by atoms with Gasteiger partial charge in [0.2, 0.25) is 0 Å². The van der Waals surface area contributed by atoms with Crippen LogP contribution in [0.5, 0.6) is 0 Å². The largest absolute Gasteiger partial charge is 0.472 e. The summed E-state index contributed by atoms with van der Waals surface area (Å²) >= 11 is 0. The summed E-state index contributed by atoms with van der Waals surface area (Å²) in [6, 6.07) is 0. The molecule has 1 aliphatic rings. The first-order valence-corrected chi connectivity index (χ1v) is 24.4. The Balaban J connectivity index is 2.35. The highest BCUT2D eigenvalue weighted by Gasteiger charge is 2.39. The second-order valence-corrected chi connectivity index (χ2v) is 17.5. The first-order chi connectivity index (χ1) is 28.0. The Hall–Kier alpha value is -1.92. The number of esters is 2. The Kier molecular flexibility index (Phi) is 33.4. The molecular weight excluding hydrogens is 761 g/mol. The zero-order chi connectivity index (χ0) is 42.7. The van der Waals surface area contributed by atoms with E-state index in [1.165, 1.54) is 64.2 Å². The molecule has 58 heavy (non-hydrogen) atoms. The molecule has 1 unspecified atom stereocenters. The molecule has 0 amide bonds. The fourth-order valence-corrected chi connectivity index (χ4v) is 8.00. The zero-order valence-corrected chi connectivity index (χ0v) is 37.1. The van der Waals surface area contributed by atoms with E-state index in [1.54, 1.807) is 12.2 Å². The van der Waals surface area contributed by atoms with Crippen molar-refractivity contribution in [1.29, 1.82) is 0 Å². The van der Waals surface area contributed by atoms with Crippen molar-refractivity contribution in [3.8, 4) is 0 Å². The third kappa shape index (κ3) is 29.3. The predicted octanol–water partition coefficient (Wildman–Crippen LogP) is 9.76. The molecular formula is C45H82NO11P. The highest BCUT2D eigenvalue weighted by atomic mass is 31.2. The highest BCUT2D eigenvalue weighted by Crippen LogP contribution is 2.43. The summed E-state index contributed by atoms with van der Waals surface area (Å²) in [6.45, 7) is 3.36. The molecule has 13 heteroatoms. The van der Waals surface area contributed by atoms with Gasteiger partial charge in [0.05, 0.1) is 25.4 Å². The van der Waals surface area contributed by atoms with Gasteiger partial charge in [-0.25, -0.2) is 4.57 Å². The molecule has 0 aliphatic heterocycles. The summed E-state index contributed by atoms with van der Waals surface area (Å²) in [5.74, 6) is -1.58. The second-order valence-electron chi connectivity index (χ2n) is 16.1. The first kappa shape index (κ1) is 54.1. The van der Waals surface area contributed by atoms with Gasteiger partial charge < -0.3 is 30.3 Å². The normalized spacial score (nSPS) is 19.2. The van der Waals surface area contributed by atoms with E-state index in [9.17, 15) is 34.1 Å². The van der Waals surface area contributed by atoms with Crippen molar-refractivity contribution in [2.45, 2.75) is 206 Å². The average molecular weight is 844 g/mol. The third-order valence-electron chi connectivity index (χ3n) is 10.7. The number of ketones is 1. The van der Waals surface area contributed by atoms with Crippen LogP contribution in [0.3, 0.4) is 0 Å². The standard InChI is InChI=1S/C45H82NO11P/c1-3-5-7-8-9-10-11-12-13-14-15-16-17-18-19-20-25-29-44(50)54-36-39(37-56-58(52,53)55-34-33-46)57-45(51)30-26-22-21-24-28-40-41(43(49)35-42(40)48)32-31-38(47)27-23-6-4-2/h12-13,31-32,38-42,47-48H,3-11,14-30,33-37,46H2,1-2H3,(H,52,53)/b13-12-,32-31+/t38-,39+,40+,41+,42-/m0/s1. The quantitative estimate of drug-likeness (QED) is 0.0199. The number of phosphoric acid groups is 1. The molecule has 0 radical (unpaired) electrons. The minimum absolute atomic E-state index is 0.00120. The number of phosphoric ester groups is 1. The Morgan fingerprint density at radius 2 is 1.33 bits per heavy atom. The monoisotopic (exact) mass is 844 g/mol. The first-order valence-electron chi connectivity index (χ1n) is 22.9. The number of carbonyl (C=O) groups is 3. The molecule has 12 nitrogen and oxygen atoms in total. The van der Waals surface area contributed by atoms with E-state index in [1.807, 2.05) is 0 Å². The Labute approximate surface area is 351 Å². The van der Waals surface area contributed by atoms with Crippen LogP contribution in [0.4, 0.5) is 0 Å². The van der Waals surface area contributed by atoms with Crippen molar-refractivity contribution in [2.75, 3.05) is 26.4 Å². The maximum absolute atomic E-state index is 12.7. The molecule has 6 atom stereocenters. The molecule has 338 valence electrons. The molecule has 1 fully saturated rings. The van der Waals surface area contributed by atoms with Gasteiger partial charge in [-0.1, -0.05) is 141 Å². The van der Waals surface area contributed by atoms with E-state index >= 15 is 0 Å². The number of aliphatic hydroxyl groups excluding tert-OH is 2. The lowest BCUT2D eigenvalue weighted by Crippen LogP contribution is -2.29. The lowest BCUT2D eigenvalue weighted by molar-refractivity contribution is -0.161. The number of ether oxygens (including phenoxy) is 2. The molecule has 0 spiro atoms. The maximum atomic E-state index is 12.7. The number of nitrogens with two attached hydrogens (primary N) is 1. The smallest absolute Gasteiger partial charge is 0.462 e. The van der Waals surface area contributed by atoms with Crippen molar-refractivity contribution in [2.24, 2.45) is 17.6 Å². The Morgan fingerprint density at radius 3 is 1.95 bits per heavy atom. The summed E-state index contributed by atoms with van der Waals surface area (Å²) in [5, 5.41) is 20.8. The number of aliphatic hydroxyl groups is 2. The van der Waals surface area contributed by atoms with E-state index in [4.69, 9.17) is 24.3 Å². The number of carbonyl (C=O) groups excluding carboxylic acids is 3. The molecule has 0 aromatic rings. The van der Waals surface area contributed by atoms with Crippen LogP contribution in [0.1, 0.15) is 187 Å². The van der Waals surface area contributed by atoms with Crippen LogP contribution >= 0.6 is 7.82 Å². The van der Waals surface area contributed by atoms with E-state index in [0.29, 0.717) is 32.1 Å². The minimum atomic E-state index is -4.44. The number of rotatable bonds is 39. The molecule has 0 heterocycles. The molecule has 1 rings (SSSR count). The van der Waals surface area contributed by atoms with Gasteiger partial charge in [-0.2, -0.15) is 0 Å². The number of hydrogen-bond donors (Lipinski definition) is 4. The third-order valence-corrected chi connectivity index (χ3v) is 11.7. The zero-order valence-electron chi connectivity index (χ0n) is 36.2. The summed E-state index contributed by atoms with van der Waals surface area (Å²) in [6.07, 6.45) is 31.1. The topological polar surface area (TPSA) is 192 Å². The van der Waals surface area contributed by atoms with E-state index in [-0.39, 0.29) is 50.7 Å². The molecule has 1 saturated carbocycles. The van der Waals surface area contributed by atoms with Gasteiger partial charge >= 0.3 is 19.8 Å². The Morgan fingerprint density at radius 1 is 0.776 bits per heavy atom. The fraction of sp³-hybridized carbons (Fsp3) is 0.844. The second kappa shape index (κ2) is 35.8. The van der Waals surface area contributed by atoms with Crippen molar-refractivity contribution in [1.82, 2.24) is 0 Å². The molecule has 5 N–H and O–H groups in total. The predicted molar refractivity (Wildman–Crippen MR) is 230 cm³/mol. The average Bonchev–Trinajstić information content (AvgIpc) is 3.47. The lowest BCUT2D eigenvalue weighted by atomic mass is 9.88. The summed E-state index contributed by atoms with van der Waals surface area (Å²) < 4.78 is 32.8. The number of unbranched alkanes of at least 4 members (excludes halogenated alkanes) is 18. The van der Waals surface area contributed by atoms with E-state index in [2.05, 4.69) is 26.0 Å². The minimum Gasteiger partial charge on any atom is -0.462 e. The van der Waals surface area contributed by atoms with Gasteiger partial charge in [0.15, 0.2) is 6.10 Å². The molecule has 0 aromatic heterocycles. The van der Waals surface area contributed by atoms with Crippen LogP contribution in [0.15, 0.2) is 24.3 Å². The fourth-order valence-electron chi connectivity index (χ4n) is 7.24. The SMILES string of the molecule is CCCCCCCC/C=C\CCCCCCCCCC(=O)OC[C@H](COP(=O)(O)OCCN)OC(=O)CCCCCC[C@H]1[C@@H](O)CC(=O)[C@@H]1/C=C/[C@@H](O)CCCCC. The molecule has 0 saturated heterocycles. The van der Waals surface area contributed by atoms with Gasteiger partial charge in [0.1, 0.15) is 12.4 Å². The van der Waals surface area contributed by atoms with Crippen molar-refractivity contribution in [3.63, 3.8) is 0 Å². The van der Waals surface area contributed by atoms with Gasteiger partial charge in [0.25, 0.3) is 0 Å². The van der Waals surface area contributed by atoms with Crippen LogP contribution in [0.2, 0.25) is 0 Å². The van der Waals surface area contributed by atoms with Gasteiger partial charge in [-0.05, 0) is 57.3 Å². The van der Waals surface area contributed by atoms with Gasteiger partial charge in [0, 0.05) is 31.7 Å². The Bertz CT molecular complexity index is 1170. The lowest BCUT2D eigenvalue weighted by Gasteiger charge is -2.20. The molecule has 0 aromatic carbocycles. The number of hydrogen-bond acceptors (Lipinski definition) is 11. The maximum Gasteiger partial charge on any atom is 0.472 e. The van der Waals surface area contributed by atoms with Gasteiger partial charge in [-0.15, -0.1) is 0 Å². The van der Waals surface area contributed by atoms with E-state index in [0.717, 1.165) is 57.8 Å². The van der Waals surface area contributed by atoms with Crippen LogP contribution in [0.25, 0.3) is 0 Å². The molecule has 0 bridgehead atoms. The van der Waals surface area contributed by atoms with Gasteiger partial charge in [-0.3, -0.25) is 23.4 Å².